The van der Waals surface area contributed by atoms with Gasteiger partial charge in [-0.3, -0.25) is 0 Å². The van der Waals surface area contributed by atoms with Crippen molar-refractivity contribution >= 4 is 17.4 Å². The van der Waals surface area contributed by atoms with Crippen LogP contribution in [0.4, 0.5) is 6.01 Å². The van der Waals surface area contributed by atoms with E-state index in [1.807, 2.05) is 10.9 Å². The average Bonchev–Trinajstić information content (AvgIpc) is 3.07. The zero-order valence-electron chi connectivity index (χ0n) is 10.8. The van der Waals surface area contributed by atoms with Gasteiger partial charge in [0.05, 0.1) is 24.4 Å². The molecular weight excluding hydrogens is 266 g/mol. The van der Waals surface area contributed by atoms with E-state index >= 15 is 0 Å². The van der Waals surface area contributed by atoms with Gasteiger partial charge in [-0.2, -0.15) is 0 Å². The fourth-order valence-electron chi connectivity index (χ4n) is 1.42. The lowest BCUT2D eigenvalue weighted by atomic mass is 10.3. The van der Waals surface area contributed by atoms with Crippen LogP contribution in [0, 0.1) is 0 Å². The lowest BCUT2D eigenvalue weighted by Gasteiger charge is -2.00. The first-order valence-electron chi connectivity index (χ1n) is 6.01. The third-order valence-corrected chi connectivity index (χ3v) is 3.00. The molecule has 2 heterocycles. The highest BCUT2D eigenvalue weighted by molar-refractivity contribution is 7.07. The Balaban J connectivity index is 1.65. The highest BCUT2D eigenvalue weighted by Crippen LogP contribution is 2.06. The van der Waals surface area contributed by atoms with Gasteiger partial charge in [0.25, 0.3) is 0 Å². The summed E-state index contributed by atoms with van der Waals surface area (Å²) in [5, 5.41) is 16.1. The molecule has 0 spiro atoms. The van der Waals surface area contributed by atoms with Crippen molar-refractivity contribution in [3.63, 3.8) is 0 Å². The number of thiazole rings is 1. The van der Waals surface area contributed by atoms with Gasteiger partial charge in [0.15, 0.2) is 0 Å². The number of methoxy groups -OCH3 is 1. The average molecular weight is 283 g/mol. The van der Waals surface area contributed by atoms with E-state index in [1.54, 1.807) is 18.4 Å². The van der Waals surface area contributed by atoms with Crippen LogP contribution in [0.1, 0.15) is 11.6 Å². The number of aromatic nitrogens is 3. The first-order valence-corrected chi connectivity index (χ1v) is 6.95. The third kappa shape index (κ3) is 4.93. The predicted molar refractivity (Wildman–Crippen MR) is 72.2 cm³/mol. The molecule has 8 heteroatoms. The van der Waals surface area contributed by atoms with Crippen molar-refractivity contribution in [2.24, 2.45) is 0 Å². The number of hydrogen-bond donors (Lipinski definition) is 2. The maximum atomic E-state index is 5.43. The minimum Gasteiger partial charge on any atom is -0.407 e. The molecule has 2 rings (SSSR count). The Kier molecular flexibility index (Phi) is 5.73. The second-order valence-corrected chi connectivity index (χ2v) is 4.55. The van der Waals surface area contributed by atoms with Crippen molar-refractivity contribution in [3.8, 4) is 0 Å². The molecular formula is C11H17N5O2S. The van der Waals surface area contributed by atoms with Gasteiger partial charge in [-0.1, -0.05) is 5.10 Å². The molecule has 0 fully saturated rings. The van der Waals surface area contributed by atoms with Crippen molar-refractivity contribution < 1.29 is 9.15 Å². The van der Waals surface area contributed by atoms with Gasteiger partial charge in [-0.05, 0) is 0 Å². The Hall–Kier alpha value is -1.51. The molecule has 2 N–H and O–H groups in total. The zero-order valence-corrected chi connectivity index (χ0v) is 11.6. The number of ether oxygens (including phenoxy) is 1. The number of rotatable bonds is 9. The number of nitrogens with zero attached hydrogens (tertiary/aromatic N) is 3. The van der Waals surface area contributed by atoms with Crippen LogP contribution >= 0.6 is 11.3 Å². The van der Waals surface area contributed by atoms with Crippen molar-refractivity contribution in [3.05, 3.63) is 22.5 Å². The van der Waals surface area contributed by atoms with E-state index in [4.69, 9.17) is 9.15 Å². The topological polar surface area (TPSA) is 85.1 Å². The van der Waals surface area contributed by atoms with E-state index in [0.717, 1.165) is 25.2 Å². The molecule has 0 saturated heterocycles. The standard InChI is InChI=1S/C11H17N5O2S/c1-17-5-4-12-6-10-15-16-11(18-10)13-3-2-9-7-19-8-14-9/h7-8,12H,2-6H2,1H3,(H,13,16). The maximum absolute atomic E-state index is 5.43. The largest absolute Gasteiger partial charge is 0.407 e. The van der Waals surface area contributed by atoms with Gasteiger partial charge in [-0.25, -0.2) is 4.98 Å². The van der Waals surface area contributed by atoms with Gasteiger partial charge < -0.3 is 19.8 Å². The molecule has 0 aliphatic carbocycles. The third-order valence-electron chi connectivity index (χ3n) is 2.37. The molecule has 7 nitrogen and oxygen atoms in total. The first-order chi connectivity index (χ1) is 9.38. The minimum absolute atomic E-state index is 0.443. The molecule has 0 radical (unpaired) electrons. The molecule has 19 heavy (non-hydrogen) atoms. The summed E-state index contributed by atoms with van der Waals surface area (Å²) in [6.07, 6.45) is 0.841. The molecule has 0 aromatic carbocycles. The highest BCUT2D eigenvalue weighted by Gasteiger charge is 2.05. The monoisotopic (exact) mass is 283 g/mol. The molecule has 2 aromatic rings. The SMILES string of the molecule is COCCNCc1nnc(NCCc2cscn2)o1. The van der Waals surface area contributed by atoms with E-state index < -0.39 is 0 Å². The zero-order chi connectivity index (χ0) is 13.3. The van der Waals surface area contributed by atoms with Crippen LogP contribution in [0.25, 0.3) is 0 Å². The van der Waals surface area contributed by atoms with Crippen LogP contribution in [0.15, 0.2) is 15.3 Å². The number of hydrogen-bond acceptors (Lipinski definition) is 8. The Morgan fingerprint density at radius 1 is 1.37 bits per heavy atom. The Morgan fingerprint density at radius 2 is 2.32 bits per heavy atom. The van der Waals surface area contributed by atoms with Crippen LogP contribution in [-0.4, -0.2) is 42.0 Å². The van der Waals surface area contributed by atoms with E-state index in [0.29, 0.717) is 25.1 Å². The predicted octanol–water partition coefficient (Wildman–Crippen LogP) is 0.917. The minimum atomic E-state index is 0.443. The smallest absolute Gasteiger partial charge is 0.315 e. The van der Waals surface area contributed by atoms with Gasteiger partial charge in [0.2, 0.25) is 5.89 Å². The van der Waals surface area contributed by atoms with E-state index in [9.17, 15) is 0 Å². The van der Waals surface area contributed by atoms with Crippen LogP contribution in [0.5, 0.6) is 0 Å². The Bertz CT molecular complexity index is 459. The molecule has 0 unspecified atom stereocenters. The fraction of sp³-hybridized carbons (Fsp3) is 0.545. The summed E-state index contributed by atoms with van der Waals surface area (Å²) < 4.78 is 10.4. The maximum Gasteiger partial charge on any atom is 0.315 e. The molecule has 0 aliphatic rings. The van der Waals surface area contributed by atoms with E-state index in [1.165, 1.54) is 0 Å². The first kappa shape index (κ1) is 13.9. The van der Waals surface area contributed by atoms with Crippen molar-refractivity contribution in [1.29, 1.82) is 0 Å². The second-order valence-electron chi connectivity index (χ2n) is 3.83. The van der Waals surface area contributed by atoms with Crippen LogP contribution in [0.3, 0.4) is 0 Å². The van der Waals surface area contributed by atoms with Gasteiger partial charge >= 0.3 is 6.01 Å². The van der Waals surface area contributed by atoms with Crippen LogP contribution in [0.2, 0.25) is 0 Å². The lowest BCUT2D eigenvalue weighted by molar-refractivity contribution is 0.198. The van der Waals surface area contributed by atoms with Crippen LogP contribution < -0.4 is 10.6 Å². The van der Waals surface area contributed by atoms with Gasteiger partial charge in [-0.15, -0.1) is 16.4 Å². The summed E-state index contributed by atoms with van der Waals surface area (Å²) in [4.78, 5) is 4.20. The Morgan fingerprint density at radius 3 is 3.11 bits per heavy atom. The normalized spacial score (nSPS) is 10.8. The summed E-state index contributed by atoms with van der Waals surface area (Å²) >= 11 is 1.59. The number of nitrogens with one attached hydrogen (secondary N) is 2. The quantitative estimate of drug-likeness (QED) is 0.662. The van der Waals surface area contributed by atoms with Crippen molar-refractivity contribution in [2.45, 2.75) is 13.0 Å². The molecule has 0 bridgehead atoms. The van der Waals surface area contributed by atoms with Crippen LogP contribution in [-0.2, 0) is 17.7 Å². The van der Waals surface area contributed by atoms with Crippen molar-refractivity contribution in [1.82, 2.24) is 20.5 Å². The van der Waals surface area contributed by atoms with Crippen molar-refractivity contribution in [2.75, 3.05) is 32.1 Å². The molecule has 0 aliphatic heterocycles. The molecule has 2 aromatic heterocycles. The lowest BCUT2D eigenvalue weighted by Crippen LogP contribution is -2.18. The summed E-state index contributed by atoms with van der Waals surface area (Å²) in [7, 11) is 1.67. The Labute approximate surface area is 115 Å². The van der Waals surface area contributed by atoms with E-state index in [2.05, 4.69) is 25.8 Å². The van der Waals surface area contributed by atoms with Gasteiger partial charge in [0.1, 0.15) is 0 Å². The van der Waals surface area contributed by atoms with Gasteiger partial charge in [0, 0.05) is 32.0 Å². The summed E-state index contributed by atoms with van der Waals surface area (Å²) in [5.41, 5.74) is 2.89. The van der Waals surface area contributed by atoms with E-state index in [-0.39, 0.29) is 0 Å². The molecule has 0 atom stereocenters. The molecule has 0 saturated carbocycles. The molecule has 0 amide bonds. The summed E-state index contributed by atoms with van der Waals surface area (Å²) in [6, 6.07) is 0.443. The highest BCUT2D eigenvalue weighted by atomic mass is 32.1. The molecule has 104 valence electrons. The summed E-state index contributed by atoms with van der Waals surface area (Å²) in [5.74, 6) is 0.562. The fourth-order valence-corrected chi connectivity index (χ4v) is 2.02. The second kappa shape index (κ2) is 7.82. The number of anilines is 1. The summed E-state index contributed by atoms with van der Waals surface area (Å²) in [6.45, 7) is 2.69.